The zero-order valence-corrected chi connectivity index (χ0v) is 12.1. The van der Waals surface area contributed by atoms with Crippen molar-refractivity contribution < 1.29 is 4.79 Å². The molecule has 1 N–H and O–H groups in total. The molecule has 2 aromatic carbocycles. The van der Waals surface area contributed by atoms with Crippen LogP contribution in [-0.4, -0.2) is 18.1 Å². The summed E-state index contributed by atoms with van der Waals surface area (Å²) < 4.78 is 0. The SMILES string of the molecule is CNC(=O)N=c1c2cc(Cl)ccc2ccc2ncccc12. The van der Waals surface area contributed by atoms with Crippen LogP contribution in [0.4, 0.5) is 4.79 Å². The summed E-state index contributed by atoms with van der Waals surface area (Å²) in [6.07, 6.45) is 1.71. The molecule has 0 saturated heterocycles. The average Bonchev–Trinajstić information content (AvgIpc) is 2.65. The second-order valence-electron chi connectivity index (χ2n) is 4.52. The van der Waals surface area contributed by atoms with E-state index in [9.17, 15) is 4.79 Å². The molecular formula is C16H12ClN3O. The number of hydrogen-bond acceptors (Lipinski definition) is 2. The number of nitrogens with one attached hydrogen (secondary N) is 1. The molecule has 0 saturated carbocycles. The van der Waals surface area contributed by atoms with Crippen molar-refractivity contribution in [1.29, 1.82) is 0 Å². The monoisotopic (exact) mass is 297 g/mol. The van der Waals surface area contributed by atoms with Gasteiger partial charge in [-0.05, 0) is 35.7 Å². The fourth-order valence-electron chi connectivity index (χ4n) is 2.22. The summed E-state index contributed by atoms with van der Waals surface area (Å²) in [4.78, 5) is 20.2. The number of carbonyl (C=O) groups is 1. The van der Waals surface area contributed by atoms with Gasteiger partial charge in [0.15, 0.2) is 0 Å². The summed E-state index contributed by atoms with van der Waals surface area (Å²) >= 11 is 6.10. The maximum atomic E-state index is 11.7. The number of halogens is 1. The number of amides is 2. The Hall–Kier alpha value is -2.46. The molecule has 0 spiro atoms. The van der Waals surface area contributed by atoms with Crippen LogP contribution in [0, 0.1) is 0 Å². The van der Waals surface area contributed by atoms with Gasteiger partial charge >= 0.3 is 6.03 Å². The lowest BCUT2D eigenvalue weighted by Crippen LogP contribution is -2.17. The van der Waals surface area contributed by atoms with E-state index in [1.165, 1.54) is 0 Å². The van der Waals surface area contributed by atoms with Crippen molar-refractivity contribution in [3.8, 4) is 0 Å². The third kappa shape index (κ3) is 2.58. The lowest BCUT2D eigenvalue weighted by molar-refractivity contribution is 0.250. The number of pyridine rings is 1. The Balaban J connectivity index is 2.61. The number of carbonyl (C=O) groups excluding carboxylic acids is 1. The predicted octanol–water partition coefficient (Wildman–Crippen LogP) is 3.28. The van der Waals surface area contributed by atoms with Gasteiger partial charge in [-0.2, -0.15) is 4.99 Å². The zero-order valence-electron chi connectivity index (χ0n) is 11.3. The highest BCUT2D eigenvalue weighted by molar-refractivity contribution is 6.31. The topological polar surface area (TPSA) is 54.4 Å². The summed E-state index contributed by atoms with van der Waals surface area (Å²) in [5.74, 6) is 0. The molecule has 0 bridgehead atoms. The number of urea groups is 1. The molecule has 0 aliphatic rings. The van der Waals surface area contributed by atoms with Gasteiger partial charge in [0.1, 0.15) is 0 Å². The van der Waals surface area contributed by atoms with E-state index in [0.29, 0.717) is 10.4 Å². The van der Waals surface area contributed by atoms with Crippen LogP contribution in [0.1, 0.15) is 0 Å². The van der Waals surface area contributed by atoms with Gasteiger partial charge in [-0.25, -0.2) is 4.79 Å². The van der Waals surface area contributed by atoms with Gasteiger partial charge < -0.3 is 5.32 Å². The molecule has 0 unspecified atom stereocenters. The van der Waals surface area contributed by atoms with Crippen LogP contribution >= 0.6 is 11.6 Å². The van der Waals surface area contributed by atoms with Crippen LogP contribution in [0.3, 0.4) is 0 Å². The van der Waals surface area contributed by atoms with Gasteiger partial charge in [-0.3, -0.25) is 4.98 Å². The van der Waals surface area contributed by atoms with Gasteiger partial charge in [-0.15, -0.1) is 0 Å². The van der Waals surface area contributed by atoms with Crippen LogP contribution in [0.2, 0.25) is 5.02 Å². The number of nitrogens with zero attached hydrogens (tertiary/aromatic N) is 2. The minimum Gasteiger partial charge on any atom is -0.339 e. The van der Waals surface area contributed by atoms with Crippen molar-refractivity contribution in [2.75, 3.05) is 7.05 Å². The predicted molar refractivity (Wildman–Crippen MR) is 84.3 cm³/mol. The third-order valence-corrected chi connectivity index (χ3v) is 3.45. The minimum absolute atomic E-state index is 0.410. The van der Waals surface area contributed by atoms with Crippen molar-refractivity contribution in [3.63, 3.8) is 0 Å². The molecule has 0 aliphatic carbocycles. The second kappa shape index (κ2) is 5.50. The van der Waals surface area contributed by atoms with E-state index in [1.807, 2.05) is 42.5 Å². The van der Waals surface area contributed by atoms with Crippen LogP contribution in [0.15, 0.2) is 53.7 Å². The Bertz CT molecular complexity index is 922. The summed E-state index contributed by atoms with van der Waals surface area (Å²) in [5, 5.41) is 6.24. The average molecular weight is 298 g/mol. The normalized spacial score (nSPS) is 11.8. The van der Waals surface area contributed by atoms with Crippen molar-refractivity contribution >= 4 is 39.3 Å². The molecule has 0 aliphatic heterocycles. The Labute approximate surface area is 126 Å². The highest BCUT2D eigenvalue weighted by Gasteiger charge is 2.04. The van der Waals surface area contributed by atoms with E-state index < -0.39 is 6.03 Å². The Morgan fingerprint density at radius 3 is 2.81 bits per heavy atom. The van der Waals surface area contributed by atoms with E-state index in [2.05, 4.69) is 15.3 Å². The number of hydrogen-bond donors (Lipinski definition) is 1. The van der Waals surface area contributed by atoms with Crippen LogP contribution in [0.5, 0.6) is 0 Å². The molecule has 0 fully saturated rings. The fraction of sp³-hybridized carbons (Fsp3) is 0.0625. The molecule has 3 aromatic rings. The molecule has 1 heterocycles. The van der Waals surface area contributed by atoms with Crippen molar-refractivity contribution in [3.05, 3.63) is 59.0 Å². The first-order valence-electron chi connectivity index (χ1n) is 6.43. The highest BCUT2D eigenvalue weighted by Crippen LogP contribution is 2.18. The van der Waals surface area contributed by atoms with E-state index in [1.54, 1.807) is 13.2 Å². The summed E-state index contributed by atoms with van der Waals surface area (Å²) in [6.45, 7) is 0. The van der Waals surface area contributed by atoms with Gasteiger partial charge in [0.2, 0.25) is 0 Å². The lowest BCUT2D eigenvalue weighted by atomic mass is 10.1. The smallest absolute Gasteiger partial charge is 0.339 e. The van der Waals surface area contributed by atoms with Crippen LogP contribution in [-0.2, 0) is 0 Å². The van der Waals surface area contributed by atoms with Crippen LogP contribution in [0.25, 0.3) is 21.7 Å². The highest BCUT2D eigenvalue weighted by atomic mass is 35.5. The Morgan fingerprint density at radius 1 is 1.19 bits per heavy atom. The first kappa shape index (κ1) is 13.5. The second-order valence-corrected chi connectivity index (χ2v) is 4.95. The number of fused-ring (bicyclic) bond motifs is 2. The maximum Gasteiger partial charge on any atom is 0.341 e. The molecule has 1 aromatic heterocycles. The molecule has 5 heteroatoms. The van der Waals surface area contributed by atoms with Gasteiger partial charge in [0.25, 0.3) is 0 Å². The zero-order chi connectivity index (χ0) is 14.8. The van der Waals surface area contributed by atoms with Gasteiger partial charge in [-0.1, -0.05) is 23.7 Å². The maximum absolute atomic E-state index is 11.7. The van der Waals surface area contributed by atoms with Crippen molar-refractivity contribution in [2.24, 2.45) is 4.99 Å². The molecule has 21 heavy (non-hydrogen) atoms. The quantitative estimate of drug-likeness (QED) is 0.692. The van der Waals surface area contributed by atoms with Crippen molar-refractivity contribution in [1.82, 2.24) is 10.3 Å². The summed E-state index contributed by atoms with van der Waals surface area (Å²) in [5.41, 5.74) is 0.771. The van der Waals surface area contributed by atoms with Crippen LogP contribution < -0.4 is 10.7 Å². The Morgan fingerprint density at radius 2 is 2.00 bits per heavy atom. The molecule has 3 rings (SSSR count). The van der Waals surface area contributed by atoms with Gasteiger partial charge in [0, 0.05) is 29.0 Å². The Kier molecular flexibility index (Phi) is 3.54. The van der Waals surface area contributed by atoms with E-state index >= 15 is 0 Å². The first-order chi connectivity index (χ1) is 10.2. The molecular weight excluding hydrogens is 286 g/mol. The largest absolute Gasteiger partial charge is 0.341 e. The van der Waals surface area contributed by atoms with E-state index in [-0.39, 0.29) is 0 Å². The molecule has 104 valence electrons. The summed E-state index contributed by atoms with van der Waals surface area (Å²) in [6, 6.07) is 12.7. The third-order valence-electron chi connectivity index (χ3n) is 3.21. The number of aromatic nitrogens is 1. The fourth-order valence-corrected chi connectivity index (χ4v) is 2.39. The van der Waals surface area contributed by atoms with Gasteiger partial charge in [0.05, 0.1) is 10.9 Å². The molecule has 0 atom stereocenters. The number of rotatable bonds is 0. The first-order valence-corrected chi connectivity index (χ1v) is 6.80. The standard InChI is InChI=1S/C16H12ClN3O/c1-18-16(21)20-15-12-3-2-8-19-14(12)7-5-10-4-6-11(17)9-13(10)15/h2-9H,1H3,(H,18,21). The lowest BCUT2D eigenvalue weighted by Gasteiger charge is -1.97. The molecule has 0 radical (unpaired) electrons. The molecule has 4 nitrogen and oxygen atoms in total. The molecule has 2 amide bonds. The van der Waals surface area contributed by atoms with E-state index in [4.69, 9.17) is 11.6 Å². The van der Waals surface area contributed by atoms with Crippen molar-refractivity contribution in [2.45, 2.75) is 0 Å². The summed E-state index contributed by atoms with van der Waals surface area (Å²) in [7, 11) is 1.55. The minimum atomic E-state index is -0.410. The number of benzene rings is 1. The van der Waals surface area contributed by atoms with E-state index in [0.717, 1.165) is 21.7 Å².